The first kappa shape index (κ1) is 31.3. The molecule has 1 aliphatic rings. The molecule has 1 aromatic carbocycles. The van der Waals surface area contributed by atoms with E-state index >= 15 is 0 Å². The Morgan fingerprint density at radius 2 is 1.74 bits per heavy atom. The number of amides is 1. The number of benzene rings is 1. The van der Waals surface area contributed by atoms with E-state index in [4.69, 9.17) is 5.26 Å². The van der Waals surface area contributed by atoms with Gasteiger partial charge in [0, 0.05) is 83.6 Å². The van der Waals surface area contributed by atoms with Gasteiger partial charge in [-0.3, -0.25) is 30.0 Å². The van der Waals surface area contributed by atoms with E-state index in [1.54, 1.807) is 17.0 Å². The molecule has 0 aliphatic carbocycles. The summed E-state index contributed by atoms with van der Waals surface area (Å²) in [5.41, 5.74) is 0.970. The molecule has 214 valence electrons. The summed E-state index contributed by atoms with van der Waals surface area (Å²) in [4.78, 5) is 43.3. The molecule has 1 atom stereocenters. The molecule has 1 aromatic rings. The number of carboxylic acid groups (broad SMARTS) is 2. The number of nitro benzene ring substituents is 1. The molecule has 1 unspecified atom stereocenters. The lowest BCUT2D eigenvalue weighted by Gasteiger charge is -2.35. The zero-order chi connectivity index (χ0) is 27.8. The fourth-order valence-corrected chi connectivity index (χ4v) is 4.47. The molecule has 14 nitrogen and oxygen atoms in total. The van der Waals surface area contributed by atoms with Crippen molar-refractivity contribution in [1.82, 2.24) is 25.3 Å². The van der Waals surface area contributed by atoms with Gasteiger partial charge >= 0.3 is 12.1 Å². The molecule has 14 heteroatoms. The second-order valence-electron chi connectivity index (χ2n) is 9.24. The van der Waals surface area contributed by atoms with E-state index in [0.29, 0.717) is 65.1 Å². The highest BCUT2D eigenvalue weighted by molar-refractivity contribution is 5.69. The number of nitrogens with zero attached hydrogens (tertiary/aromatic N) is 4. The molecule has 38 heavy (non-hydrogen) atoms. The van der Waals surface area contributed by atoms with Gasteiger partial charge in [-0.05, 0) is 24.8 Å². The molecule has 1 amide bonds. The van der Waals surface area contributed by atoms with Crippen molar-refractivity contribution in [3.8, 4) is 0 Å². The molecule has 1 fully saturated rings. The first-order chi connectivity index (χ1) is 18.3. The summed E-state index contributed by atoms with van der Waals surface area (Å²) in [6, 6.07) is 6.18. The Labute approximate surface area is 222 Å². The van der Waals surface area contributed by atoms with E-state index in [-0.39, 0.29) is 31.4 Å². The topological polar surface area (TPSA) is 181 Å². The van der Waals surface area contributed by atoms with Gasteiger partial charge in [-0.2, -0.15) is 0 Å². The van der Waals surface area contributed by atoms with Gasteiger partial charge in [0.15, 0.2) is 0 Å². The zero-order valence-electron chi connectivity index (χ0n) is 21.7. The highest BCUT2D eigenvalue weighted by atomic mass is 17.1. The van der Waals surface area contributed by atoms with Gasteiger partial charge < -0.3 is 25.7 Å². The van der Waals surface area contributed by atoms with E-state index in [1.807, 2.05) is 0 Å². The van der Waals surface area contributed by atoms with Crippen LogP contribution in [0.3, 0.4) is 0 Å². The van der Waals surface area contributed by atoms with E-state index in [9.17, 15) is 29.9 Å². The average Bonchev–Trinajstić information content (AvgIpc) is 2.87. The minimum absolute atomic E-state index is 0.0263. The SMILES string of the molecule is O=C(O)CN(CCOO)C(CCCc1ccc([N+](=O)[O-])cc1)CN1CCNCCNCCN(C(=O)O)CC1. The van der Waals surface area contributed by atoms with Crippen LogP contribution in [-0.2, 0) is 16.1 Å². The average molecular weight is 541 g/mol. The van der Waals surface area contributed by atoms with Crippen molar-refractivity contribution in [1.29, 1.82) is 0 Å². The van der Waals surface area contributed by atoms with Crippen LogP contribution in [0.4, 0.5) is 10.5 Å². The number of rotatable bonds is 13. The monoisotopic (exact) mass is 540 g/mol. The minimum Gasteiger partial charge on any atom is -0.480 e. The maximum Gasteiger partial charge on any atom is 0.407 e. The summed E-state index contributed by atoms with van der Waals surface area (Å²) in [6.07, 6.45) is 1.02. The van der Waals surface area contributed by atoms with Crippen LogP contribution in [0.2, 0.25) is 0 Å². The summed E-state index contributed by atoms with van der Waals surface area (Å²) in [5.74, 6) is -0.997. The summed E-state index contributed by atoms with van der Waals surface area (Å²) in [6.45, 7) is 5.02. The normalized spacial score (nSPS) is 16.9. The lowest BCUT2D eigenvalue weighted by atomic mass is 10.0. The predicted molar refractivity (Wildman–Crippen MR) is 139 cm³/mol. The number of aliphatic carboxylic acids is 1. The number of non-ortho nitro benzene ring substituents is 1. The molecule has 5 N–H and O–H groups in total. The smallest absolute Gasteiger partial charge is 0.407 e. The van der Waals surface area contributed by atoms with Crippen LogP contribution >= 0.6 is 0 Å². The highest BCUT2D eigenvalue weighted by Crippen LogP contribution is 2.16. The standard InChI is InChI=1S/C24H40N6O8/c31-23(32)19-29(16-17-38-37)22(3-1-2-20-4-6-21(7-5-20)30(35)36)18-27-12-10-25-8-9-26-11-13-28(15-14-27)24(33)34/h4-7,22,25-26,37H,1-3,8-19H2,(H,31,32)(H,33,34). The summed E-state index contributed by atoms with van der Waals surface area (Å²) in [5, 5.41) is 45.5. The van der Waals surface area contributed by atoms with E-state index in [1.165, 1.54) is 17.0 Å². The number of hydrogen-bond acceptors (Lipinski definition) is 10. The number of carboxylic acids is 1. The Balaban J connectivity index is 2.13. The van der Waals surface area contributed by atoms with Crippen LogP contribution < -0.4 is 10.6 Å². The Morgan fingerprint density at radius 1 is 1.05 bits per heavy atom. The fourth-order valence-electron chi connectivity index (χ4n) is 4.47. The van der Waals surface area contributed by atoms with Crippen molar-refractivity contribution in [3.05, 3.63) is 39.9 Å². The van der Waals surface area contributed by atoms with Crippen LogP contribution in [-0.4, -0.2) is 132 Å². The highest BCUT2D eigenvalue weighted by Gasteiger charge is 2.24. The number of nitrogens with one attached hydrogen (secondary N) is 2. The first-order valence-electron chi connectivity index (χ1n) is 12.9. The van der Waals surface area contributed by atoms with Gasteiger partial charge in [0.2, 0.25) is 0 Å². The Hall–Kier alpha value is -2.88. The molecular formula is C24H40N6O8. The maximum absolute atomic E-state index is 11.7. The molecular weight excluding hydrogens is 500 g/mol. The lowest BCUT2D eigenvalue weighted by molar-refractivity contribution is -0.384. The zero-order valence-corrected chi connectivity index (χ0v) is 21.7. The van der Waals surface area contributed by atoms with Crippen molar-refractivity contribution < 1.29 is 34.9 Å². The van der Waals surface area contributed by atoms with E-state index < -0.39 is 17.0 Å². The van der Waals surface area contributed by atoms with Crippen molar-refractivity contribution >= 4 is 17.7 Å². The van der Waals surface area contributed by atoms with Gasteiger partial charge in [-0.25, -0.2) is 9.68 Å². The Morgan fingerprint density at radius 3 is 2.34 bits per heavy atom. The molecule has 0 spiro atoms. The van der Waals surface area contributed by atoms with Crippen molar-refractivity contribution in [2.45, 2.75) is 25.3 Å². The largest absolute Gasteiger partial charge is 0.480 e. The second-order valence-corrected chi connectivity index (χ2v) is 9.24. The summed E-state index contributed by atoms with van der Waals surface area (Å²) >= 11 is 0. The fraction of sp³-hybridized carbons (Fsp3) is 0.667. The maximum atomic E-state index is 11.7. The molecule has 1 heterocycles. The third kappa shape index (κ3) is 12.1. The predicted octanol–water partition coefficient (Wildman–Crippen LogP) is 0.637. The third-order valence-electron chi connectivity index (χ3n) is 6.54. The van der Waals surface area contributed by atoms with Gasteiger partial charge in [-0.1, -0.05) is 12.1 Å². The van der Waals surface area contributed by atoms with Crippen LogP contribution in [0.1, 0.15) is 18.4 Å². The summed E-state index contributed by atoms with van der Waals surface area (Å²) in [7, 11) is 0. The molecule has 1 aliphatic heterocycles. The number of nitro groups is 1. The van der Waals surface area contributed by atoms with Gasteiger partial charge in [0.05, 0.1) is 18.1 Å². The van der Waals surface area contributed by atoms with Gasteiger partial charge in [0.1, 0.15) is 0 Å². The first-order valence-corrected chi connectivity index (χ1v) is 12.9. The quantitative estimate of drug-likeness (QED) is 0.134. The van der Waals surface area contributed by atoms with Crippen molar-refractivity contribution in [3.63, 3.8) is 0 Å². The summed E-state index contributed by atoms with van der Waals surface area (Å²) < 4.78 is 0. The third-order valence-corrected chi connectivity index (χ3v) is 6.54. The number of aryl methyl sites for hydroxylation is 1. The van der Waals surface area contributed by atoms with Crippen LogP contribution in [0.25, 0.3) is 0 Å². The molecule has 0 aromatic heterocycles. The molecule has 0 saturated carbocycles. The van der Waals surface area contributed by atoms with Crippen LogP contribution in [0.5, 0.6) is 0 Å². The Bertz CT molecular complexity index is 859. The Kier molecular flexibility index (Phi) is 14.5. The molecule has 0 radical (unpaired) electrons. The molecule has 0 bridgehead atoms. The minimum atomic E-state index is -0.997. The molecule has 1 saturated heterocycles. The van der Waals surface area contributed by atoms with Crippen molar-refractivity contribution in [2.75, 3.05) is 78.6 Å². The van der Waals surface area contributed by atoms with Crippen LogP contribution in [0, 0.1) is 10.1 Å². The van der Waals surface area contributed by atoms with Crippen molar-refractivity contribution in [2.24, 2.45) is 0 Å². The van der Waals surface area contributed by atoms with Gasteiger partial charge in [-0.15, -0.1) is 0 Å². The second kappa shape index (κ2) is 17.6. The number of carbonyl (C=O) groups is 2. The van der Waals surface area contributed by atoms with E-state index in [2.05, 4.69) is 20.4 Å². The lowest BCUT2D eigenvalue weighted by Crippen LogP contribution is -2.51. The van der Waals surface area contributed by atoms with Gasteiger partial charge in [0.25, 0.3) is 5.69 Å². The molecule has 2 rings (SSSR count). The van der Waals surface area contributed by atoms with Crippen LogP contribution in [0.15, 0.2) is 24.3 Å². The number of hydrogen-bond donors (Lipinski definition) is 5. The van der Waals surface area contributed by atoms with E-state index in [0.717, 1.165) is 18.7 Å².